The molecule has 2 unspecified atom stereocenters. The quantitative estimate of drug-likeness (QED) is 0.0568. The number of methoxy groups -OCH3 is 2. The molecular formula is C46H67N3O8Si. The second kappa shape index (κ2) is 21.9. The fourth-order valence-electron chi connectivity index (χ4n) is 7.14. The van der Waals surface area contributed by atoms with Crippen LogP contribution in [0.5, 0.6) is 11.5 Å². The number of rotatable bonds is 22. The maximum Gasteiger partial charge on any atom is 0.410 e. The maximum absolute atomic E-state index is 13.3. The first-order chi connectivity index (χ1) is 27.8. The molecule has 0 radical (unpaired) electrons. The van der Waals surface area contributed by atoms with E-state index in [4.69, 9.17) is 38.1 Å². The highest BCUT2D eigenvalue weighted by molar-refractivity contribution is 6.76. The molecule has 318 valence electrons. The van der Waals surface area contributed by atoms with Gasteiger partial charge in [0.1, 0.15) is 22.9 Å². The van der Waals surface area contributed by atoms with Gasteiger partial charge in [-0.15, -0.1) is 0 Å². The van der Waals surface area contributed by atoms with E-state index < -0.39 is 13.7 Å². The fraction of sp³-hybridized carbons (Fsp3) is 0.565. The molecule has 11 nitrogen and oxygen atoms in total. The molecule has 58 heavy (non-hydrogen) atoms. The third kappa shape index (κ3) is 13.8. The average molecular weight is 818 g/mol. The number of aryl methyl sites for hydroxylation is 1. The Bertz CT molecular complexity index is 1850. The minimum Gasteiger partial charge on any atom is -0.496 e. The minimum atomic E-state index is -1.16. The third-order valence-corrected chi connectivity index (χ3v) is 12.0. The van der Waals surface area contributed by atoms with Crippen molar-refractivity contribution in [3.63, 3.8) is 0 Å². The summed E-state index contributed by atoms with van der Waals surface area (Å²) in [5.74, 6) is 2.75. The molecule has 5 rings (SSSR count). The Kier molecular flexibility index (Phi) is 17.0. The average Bonchev–Trinajstić information content (AvgIpc) is 3.55. The normalized spacial score (nSPS) is 16.2. The molecule has 0 saturated carbocycles. The predicted molar refractivity (Wildman–Crippen MR) is 232 cm³/mol. The van der Waals surface area contributed by atoms with Crippen molar-refractivity contribution < 1.29 is 38.0 Å². The van der Waals surface area contributed by atoms with Gasteiger partial charge in [0.15, 0.2) is 0 Å². The van der Waals surface area contributed by atoms with E-state index in [0.717, 1.165) is 89.9 Å². The van der Waals surface area contributed by atoms with Crippen molar-refractivity contribution in [2.24, 2.45) is 0 Å². The third-order valence-electron chi connectivity index (χ3n) is 10.3. The van der Waals surface area contributed by atoms with E-state index in [1.165, 1.54) is 0 Å². The predicted octanol–water partition coefficient (Wildman–Crippen LogP) is 9.27. The second-order valence-electron chi connectivity index (χ2n) is 17.3. The lowest BCUT2D eigenvalue weighted by molar-refractivity contribution is -0.0357. The van der Waals surface area contributed by atoms with Crippen LogP contribution in [0.4, 0.5) is 4.79 Å². The van der Waals surface area contributed by atoms with Gasteiger partial charge in [-0.3, -0.25) is 0 Å². The minimum absolute atomic E-state index is 0.0748. The molecule has 0 bridgehead atoms. The second-order valence-corrected chi connectivity index (χ2v) is 22.9. The summed E-state index contributed by atoms with van der Waals surface area (Å²) in [4.78, 5) is 20.2. The SMILES string of the molecule is COCCCc1nc2c(COC3CN(C(=O)OC(C)(C)C)CCC3c3ccc(OCCCOCc4ccccc4OC)cc3)cccc2n1CCOCC[Si](C)(C)C. The number of fused-ring (bicyclic) bond motifs is 1. The molecule has 2 atom stereocenters. The zero-order chi connectivity index (χ0) is 41.5. The van der Waals surface area contributed by atoms with Gasteiger partial charge in [-0.1, -0.05) is 62.1 Å². The Labute approximate surface area is 347 Å². The first kappa shape index (κ1) is 45.1. The van der Waals surface area contributed by atoms with Gasteiger partial charge < -0.3 is 42.6 Å². The Morgan fingerprint density at radius 2 is 1.62 bits per heavy atom. The monoisotopic (exact) mass is 817 g/mol. The van der Waals surface area contributed by atoms with Crippen LogP contribution in [0.15, 0.2) is 66.7 Å². The first-order valence-electron chi connectivity index (χ1n) is 20.9. The van der Waals surface area contributed by atoms with E-state index in [1.807, 2.05) is 57.2 Å². The molecule has 0 aliphatic carbocycles. The number of aromatic nitrogens is 2. The van der Waals surface area contributed by atoms with Crippen LogP contribution in [0.3, 0.4) is 0 Å². The smallest absolute Gasteiger partial charge is 0.410 e. The summed E-state index contributed by atoms with van der Waals surface area (Å²) in [6.45, 7) is 18.7. The molecule has 1 amide bonds. The Morgan fingerprint density at radius 3 is 2.36 bits per heavy atom. The van der Waals surface area contributed by atoms with Crippen LogP contribution in [-0.4, -0.2) is 101 Å². The van der Waals surface area contributed by atoms with E-state index in [0.29, 0.717) is 52.7 Å². The van der Waals surface area contributed by atoms with Crippen LogP contribution in [0.2, 0.25) is 25.7 Å². The lowest BCUT2D eigenvalue weighted by Crippen LogP contribution is -2.48. The highest BCUT2D eigenvalue weighted by Gasteiger charge is 2.35. The number of likely N-dealkylation sites (tertiary alicyclic amines) is 1. The van der Waals surface area contributed by atoms with Crippen molar-refractivity contribution in [3.05, 3.63) is 89.2 Å². The van der Waals surface area contributed by atoms with Gasteiger partial charge in [-0.05, 0) is 69.5 Å². The summed E-state index contributed by atoms with van der Waals surface area (Å²) in [5, 5.41) is 0. The van der Waals surface area contributed by atoms with Crippen LogP contribution in [0, 0.1) is 0 Å². The standard InChI is InChI=1S/C46H67N3O8Si/c1-46(2,3)57-45(50)48-24-23-39(35-19-21-38(22-20-35)55-28-13-27-54-33-36-14-9-10-17-41(36)52-5)42(32-48)56-34-37-15-11-16-40-44(37)47-43(18-12-26-51-4)49(40)25-29-53-30-31-58(6,7)8/h9-11,14-17,19-22,39,42H,12-13,18,23-34H2,1-8H3. The summed E-state index contributed by atoms with van der Waals surface area (Å²) in [6.07, 6.45) is 2.63. The molecule has 2 heterocycles. The van der Waals surface area contributed by atoms with Crippen molar-refractivity contribution in [1.82, 2.24) is 14.5 Å². The van der Waals surface area contributed by atoms with E-state index in [1.54, 1.807) is 19.1 Å². The van der Waals surface area contributed by atoms with Crippen LogP contribution < -0.4 is 9.47 Å². The van der Waals surface area contributed by atoms with E-state index in [9.17, 15) is 4.79 Å². The number of benzene rings is 3. The zero-order valence-electron chi connectivity index (χ0n) is 36.2. The molecular weight excluding hydrogens is 751 g/mol. The van der Waals surface area contributed by atoms with Gasteiger partial charge in [-0.25, -0.2) is 9.78 Å². The van der Waals surface area contributed by atoms with Gasteiger partial charge in [0.2, 0.25) is 0 Å². The molecule has 1 aliphatic rings. The molecule has 0 spiro atoms. The van der Waals surface area contributed by atoms with Crippen molar-refractivity contribution >= 4 is 25.2 Å². The number of imidazole rings is 1. The number of hydrogen-bond acceptors (Lipinski definition) is 9. The topological polar surface area (TPSA) is 103 Å². The molecule has 1 saturated heterocycles. The van der Waals surface area contributed by atoms with Gasteiger partial charge in [0, 0.05) is 71.4 Å². The van der Waals surface area contributed by atoms with Crippen molar-refractivity contribution in [3.8, 4) is 11.5 Å². The van der Waals surface area contributed by atoms with Crippen LogP contribution >= 0.6 is 0 Å². The van der Waals surface area contributed by atoms with Crippen molar-refractivity contribution in [2.75, 3.05) is 60.3 Å². The molecule has 1 aromatic heterocycles. The number of carbonyl (C=O) groups is 1. The summed E-state index contributed by atoms with van der Waals surface area (Å²) in [6, 6.07) is 23.7. The lowest BCUT2D eigenvalue weighted by Gasteiger charge is -2.39. The molecule has 12 heteroatoms. The lowest BCUT2D eigenvalue weighted by atomic mass is 9.87. The van der Waals surface area contributed by atoms with Gasteiger partial charge >= 0.3 is 6.09 Å². The first-order valence-corrected chi connectivity index (χ1v) is 24.6. The Balaban J connectivity index is 1.25. The number of carbonyl (C=O) groups excluding carboxylic acids is 1. The van der Waals surface area contributed by atoms with Crippen LogP contribution in [-0.2, 0) is 49.9 Å². The largest absolute Gasteiger partial charge is 0.496 e. The number of piperidine rings is 1. The Morgan fingerprint density at radius 1 is 0.845 bits per heavy atom. The molecule has 1 aliphatic heterocycles. The number of amides is 1. The summed E-state index contributed by atoms with van der Waals surface area (Å²) in [7, 11) is 2.24. The number of nitrogens with zero attached hydrogens (tertiary/aromatic N) is 3. The van der Waals surface area contributed by atoms with Crippen molar-refractivity contribution in [2.45, 2.75) is 110 Å². The maximum atomic E-state index is 13.3. The van der Waals surface area contributed by atoms with E-state index in [-0.39, 0.29) is 18.1 Å². The van der Waals surface area contributed by atoms with E-state index >= 15 is 0 Å². The fourth-order valence-corrected chi connectivity index (χ4v) is 7.90. The van der Waals surface area contributed by atoms with Gasteiger partial charge in [0.05, 0.1) is 63.8 Å². The van der Waals surface area contributed by atoms with Crippen LogP contribution in [0.25, 0.3) is 11.0 Å². The summed E-state index contributed by atoms with van der Waals surface area (Å²) >= 11 is 0. The van der Waals surface area contributed by atoms with Gasteiger partial charge in [0.25, 0.3) is 0 Å². The zero-order valence-corrected chi connectivity index (χ0v) is 37.2. The number of hydrogen-bond donors (Lipinski definition) is 0. The molecule has 0 N–H and O–H groups in total. The summed E-state index contributed by atoms with van der Waals surface area (Å²) in [5.41, 5.74) is 4.64. The molecule has 4 aromatic rings. The van der Waals surface area contributed by atoms with Gasteiger partial charge in [-0.2, -0.15) is 0 Å². The molecule has 3 aromatic carbocycles. The highest BCUT2D eigenvalue weighted by Crippen LogP contribution is 2.34. The number of para-hydroxylation sites is 2. The highest BCUT2D eigenvalue weighted by atomic mass is 28.3. The number of ether oxygens (including phenoxy) is 7. The van der Waals surface area contributed by atoms with E-state index in [2.05, 4.69) is 54.5 Å². The van der Waals surface area contributed by atoms with Crippen molar-refractivity contribution in [1.29, 1.82) is 0 Å². The molecule has 1 fully saturated rings. The van der Waals surface area contributed by atoms with Crippen LogP contribution in [0.1, 0.15) is 68.5 Å². The summed E-state index contributed by atoms with van der Waals surface area (Å²) < 4.78 is 43.8. The Hall–Kier alpha value is -3.94.